The summed E-state index contributed by atoms with van der Waals surface area (Å²) in [7, 11) is 3.23. The zero-order valence-corrected chi connectivity index (χ0v) is 15.8. The normalized spacial score (nSPS) is 17.6. The molecular formula is C21H21N3O4. The summed E-state index contributed by atoms with van der Waals surface area (Å²) < 4.78 is 16.6. The van der Waals surface area contributed by atoms with Crippen LogP contribution in [0.2, 0.25) is 0 Å². The SMILES string of the molecule is COc1cc2nc(N3CCC4(CC3)OC(=O)c3ccccc34)[nH]c2cc1OC. The third kappa shape index (κ3) is 2.42. The van der Waals surface area contributed by atoms with Gasteiger partial charge >= 0.3 is 5.97 Å². The van der Waals surface area contributed by atoms with Crippen molar-refractivity contribution in [1.29, 1.82) is 0 Å². The van der Waals surface area contributed by atoms with E-state index in [4.69, 9.17) is 19.2 Å². The summed E-state index contributed by atoms with van der Waals surface area (Å²) in [6.45, 7) is 1.49. The number of rotatable bonds is 3. The minimum absolute atomic E-state index is 0.216. The third-order valence-electron chi connectivity index (χ3n) is 5.77. The average molecular weight is 379 g/mol. The Morgan fingerprint density at radius 1 is 1.11 bits per heavy atom. The number of aromatic amines is 1. The number of benzene rings is 2. The van der Waals surface area contributed by atoms with Gasteiger partial charge in [-0.3, -0.25) is 0 Å². The van der Waals surface area contributed by atoms with E-state index in [9.17, 15) is 4.79 Å². The van der Waals surface area contributed by atoms with Crippen LogP contribution < -0.4 is 14.4 Å². The van der Waals surface area contributed by atoms with E-state index in [1.54, 1.807) is 14.2 Å². The fourth-order valence-electron chi connectivity index (χ4n) is 4.27. The molecule has 1 fully saturated rings. The van der Waals surface area contributed by atoms with Gasteiger partial charge in [0.1, 0.15) is 5.60 Å². The van der Waals surface area contributed by atoms with Crippen LogP contribution in [0.25, 0.3) is 11.0 Å². The molecule has 1 aromatic heterocycles. The number of H-pyrrole nitrogens is 1. The van der Waals surface area contributed by atoms with Crippen LogP contribution in [0, 0.1) is 0 Å². The number of aromatic nitrogens is 2. The minimum Gasteiger partial charge on any atom is -0.493 e. The first-order valence-electron chi connectivity index (χ1n) is 9.33. The Morgan fingerprint density at radius 2 is 1.82 bits per heavy atom. The lowest BCUT2D eigenvalue weighted by Gasteiger charge is -2.38. The Balaban J connectivity index is 1.41. The van der Waals surface area contributed by atoms with Gasteiger partial charge in [0.05, 0.1) is 30.8 Å². The molecule has 2 aliphatic rings. The molecule has 2 aromatic carbocycles. The number of ether oxygens (including phenoxy) is 3. The highest BCUT2D eigenvalue weighted by molar-refractivity contribution is 5.94. The number of nitrogens with one attached hydrogen (secondary N) is 1. The topological polar surface area (TPSA) is 76.7 Å². The maximum Gasteiger partial charge on any atom is 0.339 e. The van der Waals surface area contributed by atoms with Gasteiger partial charge in [-0.25, -0.2) is 9.78 Å². The molecule has 0 aliphatic carbocycles. The second-order valence-electron chi connectivity index (χ2n) is 7.20. The number of carbonyl (C=O) groups excluding carboxylic acids is 1. The summed E-state index contributed by atoms with van der Waals surface area (Å²) in [6, 6.07) is 11.5. The second kappa shape index (κ2) is 6.15. The van der Waals surface area contributed by atoms with Crippen LogP contribution in [0.15, 0.2) is 36.4 Å². The first-order valence-corrected chi connectivity index (χ1v) is 9.33. The lowest BCUT2D eigenvalue weighted by molar-refractivity contribution is -0.0211. The highest BCUT2D eigenvalue weighted by Gasteiger charge is 2.47. The van der Waals surface area contributed by atoms with E-state index in [0.29, 0.717) is 17.1 Å². The molecule has 7 heteroatoms. The fraction of sp³-hybridized carbons (Fsp3) is 0.333. The van der Waals surface area contributed by atoms with Gasteiger partial charge in [0.15, 0.2) is 11.5 Å². The molecule has 0 unspecified atom stereocenters. The lowest BCUT2D eigenvalue weighted by Crippen LogP contribution is -2.43. The Labute approximate surface area is 162 Å². The zero-order valence-electron chi connectivity index (χ0n) is 15.8. The van der Waals surface area contributed by atoms with E-state index in [1.807, 2.05) is 36.4 Å². The predicted molar refractivity (Wildman–Crippen MR) is 104 cm³/mol. The Hall–Kier alpha value is -3.22. The number of fused-ring (bicyclic) bond motifs is 3. The number of anilines is 1. The van der Waals surface area contributed by atoms with Gasteiger partial charge in [0, 0.05) is 43.6 Å². The van der Waals surface area contributed by atoms with Gasteiger partial charge in [0.2, 0.25) is 5.95 Å². The van der Waals surface area contributed by atoms with E-state index in [2.05, 4.69) is 9.88 Å². The summed E-state index contributed by atoms with van der Waals surface area (Å²) in [6.07, 6.45) is 1.47. The van der Waals surface area contributed by atoms with E-state index in [1.165, 1.54) is 0 Å². The third-order valence-corrected chi connectivity index (χ3v) is 5.77. The maximum absolute atomic E-state index is 12.3. The number of nitrogens with zero attached hydrogens (tertiary/aromatic N) is 2. The Kier molecular flexibility index (Phi) is 3.72. The van der Waals surface area contributed by atoms with Crippen LogP contribution >= 0.6 is 0 Å². The van der Waals surface area contributed by atoms with Crippen molar-refractivity contribution in [1.82, 2.24) is 9.97 Å². The molecule has 0 radical (unpaired) electrons. The number of esters is 1. The molecule has 3 aromatic rings. The highest BCUT2D eigenvalue weighted by Crippen LogP contribution is 2.44. The molecule has 7 nitrogen and oxygen atoms in total. The summed E-state index contributed by atoms with van der Waals surface area (Å²) in [5, 5.41) is 0. The Morgan fingerprint density at radius 3 is 2.57 bits per heavy atom. The molecule has 5 rings (SSSR count). The molecule has 1 N–H and O–H groups in total. The van der Waals surface area contributed by atoms with Crippen LogP contribution in [0.5, 0.6) is 11.5 Å². The van der Waals surface area contributed by atoms with Crippen molar-refractivity contribution in [2.45, 2.75) is 18.4 Å². The second-order valence-corrected chi connectivity index (χ2v) is 7.20. The summed E-state index contributed by atoms with van der Waals surface area (Å²) >= 11 is 0. The smallest absolute Gasteiger partial charge is 0.339 e. The predicted octanol–water partition coefficient (Wildman–Crippen LogP) is 3.25. The fourth-order valence-corrected chi connectivity index (χ4v) is 4.27. The van der Waals surface area contributed by atoms with Gasteiger partial charge in [0.25, 0.3) is 0 Å². The van der Waals surface area contributed by atoms with E-state index < -0.39 is 5.60 Å². The van der Waals surface area contributed by atoms with Crippen molar-refractivity contribution >= 4 is 23.0 Å². The number of hydrogen-bond acceptors (Lipinski definition) is 6. The maximum atomic E-state index is 12.3. The monoisotopic (exact) mass is 379 g/mol. The van der Waals surface area contributed by atoms with Crippen LogP contribution in [0.4, 0.5) is 5.95 Å². The van der Waals surface area contributed by atoms with E-state index >= 15 is 0 Å². The highest BCUT2D eigenvalue weighted by atomic mass is 16.6. The van der Waals surface area contributed by atoms with Gasteiger partial charge in [-0.05, 0) is 6.07 Å². The van der Waals surface area contributed by atoms with Crippen molar-refractivity contribution in [3.63, 3.8) is 0 Å². The number of imidazole rings is 1. The number of piperidine rings is 1. The molecule has 28 heavy (non-hydrogen) atoms. The largest absolute Gasteiger partial charge is 0.493 e. The number of carbonyl (C=O) groups is 1. The molecule has 0 saturated carbocycles. The van der Waals surface area contributed by atoms with Crippen molar-refractivity contribution in [2.75, 3.05) is 32.2 Å². The average Bonchev–Trinajstić information content (AvgIpc) is 3.26. The zero-order chi connectivity index (χ0) is 19.3. The van der Waals surface area contributed by atoms with Crippen molar-refractivity contribution in [3.8, 4) is 11.5 Å². The summed E-state index contributed by atoms with van der Waals surface area (Å²) in [5.74, 6) is 1.90. The van der Waals surface area contributed by atoms with Gasteiger partial charge < -0.3 is 24.1 Å². The van der Waals surface area contributed by atoms with Crippen molar-refractivity contribution in [3.05, 3.63) is 47.5 Å². The first-order chi connectivity index (χ1) is 13.6. The molecule has 144 valence electrons. The van der Waals surface area contributed by atoms with Crippen molar-refractivity contribution < 1.29 is 19.0 Å². The first kappa shape index (κ1) is 16.9. The molecule has 0 bridgehead atoms. The molecule has 1 saturated heterocycles. The Bertz CT molecular complexity index is 1030. The van der Waals surface area contributed by atoms with Crippen LogP contribution in [0.1, 0.15) is 28.8 Å². The lowest BCUT2D eigenvalue weighted by atomic mass is 9.84. The quantitative estimate of drug-likeness (QED) is 0.704. The molecule has 2 aliphatic heterocycles. The summed E-state index contributed by atoms with van der Waals surface area (Å²) in [4.78, 5) is 22.5. The number of hydrogen-bond donors (Lipinski definition) is 1. The van der Waals surface area contributed by atoms with Gasteiger partial charge in [-0.1, -0.05) is 18.2 Å². The molecule has 0 atom stereocenters. The van der Waals surface area contributed by atoms with Crippen LogP contribution in [0.3, 0.4) is 0 Å². The molecule has 0 amide bonds. The number of methoxy groups -OCH3 is 2. The minimum atomic E-state index is -0.511. The van der Waals surface area contributed by atoms with Crippen LogP contribution in [-0.2, 0) is 10.3 Å². The van der Waals surface area contributed by atoms with Crippen molar-refractivity contribution in [2.24, 2.45) is 0 Å². The van der Waals surface area contributed by atoms with Gasteiger partial charge in [-0.15, -0.1) is 0 Å². The molecular weight excluding hydrogens is 358 g/mol. The molecule has 3 heterocycles. The summed E-state index contributed by atoms with van der Waals surface area (Å²) in [5.41, 5.74) is 2.91. The van der Waals surface area contributed by atoms with Crippen LogP contribution in [-0.4, -0.2) is 43.2 Å². The standard InChI is InChI=1S/C21H21N3O4/c1-26-17-11-15-16(12-18(17)27-2)23-20(22-15)24-9-7-21(8-10-24)14-6-4-3-5-13(14)19(25)28-21/h3-6,11-12H,7-10H2,1-2H3,(H,22,23). The van der Waals surface area contributed by atoms with Gasteiger partial charge in [-0.2, -0.15) is 0 Å². The van der Waals surface area contributed by atoms with E-state index in [0.717, 1.165) is 48.5 Å². The molecule has 1 spiro atoms. The van der Waals surface area contributed by atoms with E-state index in [-0.39, 0.29) is 5.97 Å².